The highest BCUT2D eigenvalue weighted by Gasteiger charge is 2.45. The Hall–Kier alpha value is -6.05. The molecule has 0 amide bonds. The quantitative estimate of drug-likeness (QED) is 0.122. The second kappa shape index (κ2) is 14.3. The van der Waals surface area contributed by atoms with Gasteiger partial charge in [-0.25, -0.2) is 0 Å². The lowest BCUT2D eigenvalue weighted by Gasteiger charge is -2.36. The highest BCUT2D eigenvalue weighted by molar-refractivity contribution is 6.22. The standard InChI is InChI=1S/C60H53N/c1-39(41-18-6-3-7-19-41)61-40(2)42-26-31-51-52(36-42)58(44-28-30-48-46-21-11-13-25-54(46)60(56(48)38-44)34-16-5-17-35-60)50-23-9-8-22-49(50)57(51)43-27-29-47-45-20-10-12-24-53(45)59(55(47)37-43)32-14-4-15-33-59/h3,6-13,18-31,36-38,40H,4-5,14-17,32-35H2,1-2H3. The molecule has 4 aliphatic carbocycles. The summed E-state index contributed by atoms with van der Waals surface area (Å²) in [5, 5.41) is 5.28. The van der Waals surface area contributed by atoms with E-state index >= 15 is 0 Å². The van der Waals surface area contributed by atoms with E-state index in [1.54, 1.807) is 16.7 Å². The maximum Gasteiger partial charge on any atom is 0.0724 e. The SMILES string of the molecule is CC(=NC(C)c1ccc2c(-c3ccc4c(c3)C3(CCCCC3)c3ccccc3-4)c3ccccc3c(-c3ccc4c(c3)C3(CCCCC3)c3ccccc3-4)c2c1)c1ccccc1. The van der Waals surface area contributed by atoms with Gasteiger partial charge < -0.3 is 0 Å². The Morgan fingerprint density at radius 3 is 1.44 bits per heavy atom. The van der Waals surface area contributed by atoms with Gasteiger partial charge in [0.05, 0.1) is 6.04 Å². The van der Waals surface area contributed by atoms with Crippen LogP contribution in [0.1, 0.15) is 117 Å². The third kappa shape index (κ3) is 5.55. The van der Waals surface area contributed by atoms with Crippen LogP contribution in [-0.2, 0) is 10.8 Å². The number of hydrogen-bond donors (Lipinski definition) is 0. The average Bonchev–Trinajstić information content (AvgIpc) is 3.73. The molecular formula is C60H53N. The maximum absolute atomic E-state index is 5.32. The first-order chi connectivity index (χ1) is 30.0. The summed E-state index contributed by atoms with van der Waals surface area (Å²) in [6, 6.07) is 60.8. The van der Waals surface area contributed by atoms with Gasteiger partial charge in [-0.2, -0.15) is 0 Å². The molecule has 0 bridgehead atoms. The van der Waals surface area contributed by atoms with Gasteiger partial charge in [-0.1, -0.05) is 178 Å². The summed E-state index contributed by atoms with van der Waals surface area (Å²) in [7, 11) is 0. The Bertz CT molecular complexity index is 3060. The van der Waals surface area contributed by atoms with Crippen molar-refractivity contribution in [2.24, 2.45) is 4.99 Å². The predicted molar refractivity (Wildman–Crippen MR) is 258 cm³/mol. The van der Waals surface area contributed by atoms with E-state index < -0.39 is 0 Å². The largest absolute Gasteiger partial charge is 0.282 e. The molecule has 1 unspecified atom stereocenters. The Kier molecular flexibility index (Phi) is 8.60. The molecule has 2 spiro atoms. The first-order valence-electron chi connectivity index (χ1n) is 23.1. The van der Waals surface area contributed by atoms with E-state index in [1.807, 2.05) is 0 Å². The fourth-order valence-electron chi connectivity index (χ4n) is 12.8. The molecule has 8 aromatic carbocycles. The Morgan fingerprint density at radius 2 is 0.885 bits per heavy atom. The van der Waals surface area contributed by atoms with Gasteiger partial charge in [0, 0.05) is 16.5 Å². The zero-order chi connectivity index (χ0) is 40.7. The van der Waals surface area contributed by atoms with E-state index in [0.29, 0.717) is 0 Å². The minimum absolute atomic E-state index is 0.00272. The van der Waals surface area contributed by atoms with Crippen LogP contribution < -0.4 is 0 Å². The van der Waals surface area contributed by atoms with Gasteiger partial charge in [-0.15, -0.1) is 0 Å². The van der Waals surface area contributed by atoms with Crippen LogP contribution in [0.25, 0.3) is 66.1 Å². The zero-order valence-electron chi connectivity index (χ0n) is 35.6. The molecule has 12 rings (SSSR count). The summed E-state index contributed by atoms with van der Waals surface area (Å²) in [6.45, 7) is 4.41. The normalized spacial score (nSPS) is 17.6. The van der Waals surface area contributed by atoms with Crippen molar-refractivity contribution in [3.05, 3.63) is 191 Å². The van der Waals surface area contributed by atoms with Crippen molar-refractivity contribution >= 4 is 27.3 Å². The molecule has 298 valence electrons. The summed E-state index contributed by atoms with van der Waals surface area (Å²) in [6.07, 6.45) is 12.7. The van der Waals surface area contributed by atoms with E-state index in [0.717, 1.165) is 5.71 Å². The van der Waals surface area contributed by atoms with Crippen LogP contribution in [0.4, 0.5) is 0 Å². The minimum Gasteiger partial charge on any atom is -0.282 e. The van der Waals surface area contributed by atoms with E-state index in [1.165, 1.54) is 147 Å². The molecule has 1 atom stereocenters. The van der Waals surface area contributed by atoms with E-state index in [-0.39, 0.29) is 16.9 Å². The topological polar surface area (TPSA) is 12.4 Å². The van der Waals surface area contributed by atoms with E-state index in [2.05, 4.69) is 172 Å². The highest BCUT2D eigenvalue weighted by atomic mass is 14.8. The monoisotopic (exact) mass is 787 g/mol. The van der Waals surface area contributed by atoms with Crippen LogP contribution in [0.3, 0.4) is 0 Å². The number of hydrogen-bond acceptors (Lipinski definition) is 1. The molecule has 1 nitrogen and oxygen atoms in total. The van der Waals surface area contributed by atoms with Crippen molar-refractivity contribution in [1.29, 1.82) is 0 Å². The molecule has 4 aliphatic rings. The Morgan fingerprint density at radius 1 is 0.426 bits per heavy atom. The van der Waals surface area contributed by atoms with Crippen LogP contribution in [0.5, 0.6) is 0 Å². The Labute approximate surface area is 361 Å². The second-order valence-corrected chi connectivity index (χ2v) is 18.8. The van der Waals surface area contributed by atoms with Gasteiger partial charge in [-0.3, -0.25) is 4.99 Å². The van der Waals surface area contributed by atoms with Gasteiger partial charge >= 0.3 is 0 Å². The maximum atomic E-state index is 5.32. The van der Waals surface area contributed by atoms with E-state index in [9.17, 15) is 0 Å². The van der Waals surface area contributed by atoms with Crippen LogP contribution in [-0.4, -0.2) is 5.71 Å². The number of benzene rings is 8. The number of aliphatic imine (C=N–C) groups is 1. The summed E-state index contributed by atoms with van der Waals surface area (Å²) in [5.41, 5.74) is 20.9. The summed E-state index contributed by atoms with van der Waals surface area (Å²) >= 11 is 0. The lowest BCUT2D eigenvalue weighted by molar-refractivity contribution is 0.353. The molecule has 8 aromatic rings. The minimum atomic E-state index is -0.00272. The predicted octanol–water partition coefficient (Wildman–Crippen LogP) is 16.4. The van der Waals surface area contributed by atoms with Gasteiger partial charge in [-0.05, 0) is 157 Å². The third-order valence-corrected chi connectivity index (χ3v) is 15.6. The second-order valence-electron chi connectivity index (χ2n) is 18.8. The molecule has 2 saturated carbocycles. The average molecular weight is 788 g/mol. The Balaban J connectivity index is 1.11. The number of fused-ring (bicyclic) bond motifs is 12. The summed E-state index contributed by atoms with van der Waals surface area (Å²) in [4.78, 5) is 5.32. The van der Waals surface area contributed by atoms with Gasteiger partial charge in [0.25, 0.3) is 0 Å². The van der Waals surface area contributed by atoms with Crippen LogP contribution in [0.15, 0.2) is 163 Å². The first kappa shape index (κ1) is 36.8. The van der Waals surface area contributed by atoms with Crippen LogP contribution in [0.2, 0.25) is 0 Å². The molecule has 1 heteroatoms. The van der Waals surface area contributed by atoms with Crippen LogP contribution in [0, 0.1) is 0 Å². The first-order valence-corrected chi connectivity index (χ1v) is 23.1. The van der Waals surface area contributed by atoms with Crippen molar-refractivity contribution < 1.29 is 0 Å². The van der Waals surface area contributed by atoms with Gasteiger partial charge in [0.1, 0.15) is 0 Å². The molecule has 0 aromatic heterocycles. The summed E-state index contributed by atoms with van der Waals surface area (Å²) < 4.78 is 0. The summed E-state index contributed by atoms with van der Waals surface area (Å²) in [5.74, 6) is 0. The fraction of sp³-hybridized carbons (Fsp3) is 0.250. The fourth-order valence-corrected chi connectivity index (χ4v) is 12.8. The van der Waals surface area contributed by atoms with Crippen molar-refractivity contribution in [3.63, 3.8) is 0 Å². The molecular weight excluding hydrogens is 735 g/mol. The molecule has 0 aliphatic heterocycles. The van der Waals surface area contributed by atoms with E-state index in [4.69, 9.17) is 4.99 Å². The number of rotatable bonds is 5. The lowest BCUT2D eigenvalue weighted by atomic mass is 9.67. The molecule has 2 fully saturated rings. The van der Waals surface area contributed by atoms with Crippen LogP contribution >= 0.6 is 0 Å². The lowest BCUT2D eigenvalue weighted by Crippen LogP contribution is -2.28. The van der Waals surface area contributed by atoms with Crippen molar-refractivity contribution in [3.8, 4) is 44.5 Å². The molecule has 61 heavy (non-hydrogen) atoms. The smallest absolute Gasteiger partial charge is 0.0724 e. The zero-order valence-corrected chi connectivity index (χ0v) is 35.6. The highest BCUT2D eigenvalue weighted by Crippen LogP contribution is 2.59. The van der Waals surface area contributed by atoms with Crippen molar-refractivity contribution in [1.82, 2.24) is 0 Å². The van der Waals surface area contributed by atoms with Gasteiger partial charge in [0.15, 0.2) is 0 Å². The molecule has 0 N–H and O–H groups in total. The third-order valence-electron chi connectivity index (χ3n) is 15.6. The molecule has 0 heterocycles. The van der Waals surface area contributed by atoms with Gasteiger partial charge in [0.2, 0.25) is 0 Å². The molecule has 0 saturated heterocycles. The van der Waals surface area contributed by atoms with Crippen molar-refractivity contribution in [2.75, 3.05) is 0 Å². The molecule has 0 radical (unpaired) electrons. The number of nitrogens with zero attached hydrogens (tertiary/aromatic N) is 1. The van der Waals surface area contributed by atoms with Crippen molar-refractivity contribution in [2.45, 2.75) is 94.9 Å².